The summed E-state index contributed by atoms with van der Waals surface area (Å²) in [6.45, 7) is 0. The maximum Gasteiger partial charge on any atom is 0.326 e. The predicted molar refractivity (Wildman–Crippen MR) is 50.2 cm³/mol. The Bertz CT molecular complexity index is 219. The molecule has 0 aromatic rings. The molecule has 0 spiro atoms. The van der Waals surface area contributed by atoms with Gasteiger partial charge in [-0.15, -0.1) is 11.6 Å². The maximum absolute atomic E-state index is 10.8. The number of unbranched alkanes of at least 4 members (excludes halogenated alkanes) is 1. The molecule has 0 radical (unpaired) electrons. The first-order chi connectivity index (χ1) is 6.61. The van der Waals surface area contributed by atoms with E-state index >= 15 is 0 Å². The van der Waals surface area contributed by atoms with Gasteiger partial charge in [-0.25, -0.2) is 4.79 Å². The van der Waals surface area contributed by atoms with Crippen LogP contribution in [0.1, 0.15) is 19.3 Å². The highest BCUT2D eigenvalue weighted by atomic mass is 35.5. The van der Waals surface area contributed by atoms with E-state index in [1.807, 2.05) is 0 Å². The van der Waals surface area contributed by atoms with Crippen molar-refractivity contribution < 1.29 is 19.5 Å². The fraction of sp³-hybridized carbons (Fsp3) is 0.625. The third-order valence-corrected chi connectivity index (χ3v) is 1.81. The van der Waals surface area contributed by atoms with Gasteiger partial charge in [-0.1, -0.05) is 0 Å². The van der Waals surface area contributed by atoms with Gasteiger partial charge in [0.05, 0.1) is 0 Å². The second-order valence-electron chi connectivity index (χ2n) is 2.69. The van der Waals surface area contributed by atoms with Gasteiger partial charge in [-0.05, 0) is 12.8 Å². The summed E-state index contributed by atoms with van der Waals surface area (Å²) in [5.74, 6) is -1.91. The fourth-order valence-corrected chi connectivity index (χ4v) is 0.973. The number of aliphatic carboxylic acids is 1. The number of carboxylic acids is 1. The molecule has 80 valence electrons. The molecule has 0 fully saturated rings. The van der Waals surface area contributed by atoms with E-state index in [2.05, 4.69) is 5.32 Å². The highest BCUT2D eigenvalue weighted by Crippen LogP contribution is 2.00. The molecule has 1 atom stereocenters. The van der Waals surface area contributed by atoms with Crippen molar-refractivity contribution in [2.24, 2.45) is 0 Å². The van der Waals surface area contributed by atoms with Gasteiger partial charge in [-0.3, -0.25) is 4.79 Å². The first-order valence-corrected chi connectivity index (χ1v) is 4.67. The number of nitrogens with one attached hydrogen (secondary N) is 1. The molecular formula is C8H12ClNO4. The van der Waals surface area contributed by atoms with Crippen LogP contribution in [0.2, 0.25) is 0 Å². The van der Waals surface area contributed by atoms with Crippen LogP contribution in [-0.2, 0) is 14.4 Å². The fourth-order valence-electron chi connectivity index (χ4n) is 0.896. The third-order valence-electron chi connectivity index (χ3n) is 1.57. The predicted octanol–water partition coefficient (Wildman–Crippen LogP) is 0.164. The van der Waals surface area contributed by atoms with Crippen molar-refractivity contribution in [3.8, 4) is 0 Å². The van der Waals surface area contributed by atoms with Crippen LogP contribution in [0, 0.1) is 0 Å². The van der Waals surface area contributed by atoms with Gasteiger partial charge >= 0.3 is 5.97 Å². The summed E-state index contributed by atoms with van der Waals surface area (Å²) >= 11 is 5.20. The number of rotatable bonds is 7. The first kappa shape index (κ1) is 12.9. The van der Waals surface area contributed by atoms with Crippen LogP contribution in [0.15, 0.2) is 0 Å². The van der Waals surface area contributed by atoms with Gasteiger partial charge in [0.2, 0.25) is 5.91 Å². The summed E-state index contributed by atoms with van der Waals surface area (Å²) in [6, 6.07) is -0.957. The molecule has 0 aromatic carbocycles. The Morgan fingerprint density at radius 3 is 2.57 bits per heavy atom. The van der Waals surface area contributed by atoms with Crippen molar-refractivity contribution in [1.29, 1.82) is 0 Å². The molecule has 0 aliphatic rings. The Morgan fingerprint density at radius 2 is 2.14 bits per heavy atom. The van der Waals surface area contributed by atoms with Crippen LogP contribution < -0.4 is 5.32 Å². The van der Waals surface area contributed by atoms with Gasteiger partial charge in [0.25, 0.3) is 0 Å². The molecule has 1 amide bonds. The Morgan fingerprint density at radius 1 is 1.50 bits per heavy atom. The van der Waals surface area contributed by atoms with Crippen LogP contribution in [0.4, 0.5) is 0 Å². The minimum Gasteiger partial charge on any atom is -0.480 e. The topological polar surface area (TPSA) is 83.5 Å². The molecular weight excluding hydrogens is 210 g/mol. The molecule has 2 N–H and O–H groups in total. The average Bonchev–Trinajstić information content (AvgIpc) is 2.16. The van der Waals surface area contributed by atoms with Gasteiger partial charge < -0.3 is 15.2 Å². The lowest BCUT2D eigenvalue weighted by atomic mass is 10.1. The lowest BCUT2D eigenvalue weighted by molar-refractivity contribution is -0.141. The number of hydrogen-bond acceptors (Lipinski definition) is 3. The van der Waals surface area contributed by atoms with Crippen molar-refractivity contribution in [2.45, 2.75) is 25.3 Å². The van der Waals surface area contributed by atoms with Crippen LogP contribution >= 0.6 is 11.6 Å². The molecule has 6 heteroatoms. The molecule has 1 unspecified atom stereocenters. The van der Waals surface area contributed by atoms with Crippen LogP contribution in [0.3, 0.4) is 0 Å². The van der Waals surface area contributed by atoms with Crippen LogP contribution in [0.25, 0.3) is 0 Å². The molecule has 0 saturated carbocycles. The van der Waals surface area contributed by atoms with Gasteiger partial charge in [0.15, 0.2) is 0 Å². The van der Waals surface area contributed by atoms with E-state index in [1.165, 1.54) is 0 Å². The van der Waals surface area contributed by atoms with E-state index in [1.54, 1.807) is 0 Å². The van der Waals surface area contributed by atoms with Crippen LogP contribution in [-0.4, -0.2) is 35.2 Å². The van der Waals surface area contributed by atoms with Crippen molar-refractivity contribution in [3.05, 3.63) is 0 Å². The quantitative estimate of drug-likeness (QED) is 0.365. The lowest BCUT2D eigenvalue weighted by Gasteiger charge is -2.12. The smallest absolute Gasteiger partial charge is 0.326 e. The second kappa shape index (κ2) is 7.32. The largest absolute Gasteiger partial charge is 0.480 e. The summed E-state index contributed by atoms with van der Waals surface area (Å²) < 4.78 is 0. The molecule has 0 saturated heterocycles. The molecule has 0 aliphatic carbocycles. The molecule has 0 bridgehead atoms. The number of alkyl halides is 1. The summed E-state index contributed by atoms with van der Waals surface area (Å²) in [4.78, 5) is 31.4. The Labute approximate surface area is 86.4 Å². The summed E-state index contributed by atoms with van der Waals surface area (Å²) in [7, 11) is 0. The van der Waals surface area contributed by atoms with E-state index < -0.39 is 17.9 Å². The zero-order valence-electron chi connectivity index (χ0n) is 7.53. The monoisotopic (exact) mass is 221 g/mol. The first-order valence-electron chi connectivity index (χ1n) is 4.13. The van der Waals surface area contributed by atoms with E-state index in [9.17, 15) is 14.4 Å². The summed E-state index contributed by atoms with van der Waals surface area (Å²) in [6.07, 6.45) is 1.67. The van der Waals surface area contributed by atoms with E-state index in [4.69, 9.17) is 16.7 Å². The molecule has 0 aromatic heterocycles. The minimum atomic E-state index is -1.12. The highest BCUT2D eigenvalue weighted by molar-refractivity contribution is 6.27. The Hall–Kier alpha value is -1.10. The van der Waals surface area contributed by atoms with Crippen molar-refractivity contribution in [3.63, 3.8) is 0 Å². The van der Waals surface area contributed by atoms with Crippen molar-refractivity contribution in [1.82, 2.24) is 5.32 Å². The number of carbonyl (C=O) groups is 3. The molecule has 5 nitrogen and oxygen atoms in total. The molecule has 0 rings (SSSR count). The number of halogens is 1. The number of carbonyl (C=O) groups excluding carboxylic acids is 2. The van der Waals surface area contributed by atoms with E-state index in [0.717, 1.165) is 0 Å². The lowest BCUT2D eigenvalue weighted by Crippen LogP contribution is -2.41. The standard InChI is InChI=1S/C8H12ClNO4/c9-5-7(12)10-6(8(13)14)3-1-2-4-11/h4,6H,1-3,5H2,(H,10,12)(H,13,14). The maximum atomic E-state index is 10.8. The van der Waals surface area contributed by atoms with Crippen molar-refractivity contribution in [2.75, 3.05) is 5.88 Å². The van der Waals surface area contributed by atoms with E-state index in [-0.39, 0.29) is 12.3 Å². The minimum absolute atomic E-state index is 0.233. The number of aldehydes is 1. The van der Waals surface area contributed by atoms with Gasteiger partial charge in [0.1, 0.15) is 18.2 Å². The number of hydrogen-bond donors (Lipinski definition) is 2. The number of amides is 1. The Kier molecular flexibility index (Phi) is 6.74. The zero-order chi connectivity index (χ0) is 11.0. The highest BCUT2D eigenvalue weighted by Gasteiger charge is 2.18. The van der Waals surface area contributed by atoms with Crippen molar-refractivity contribution >= 4 is 29.8 Å². The van der Waals surface area contributed by atoms with Gasteiger partial charge in [-0.2, -0.15) is 0 Å². The zero-order valence-corrected chi connectivity index (χ0v) is 8.29. The number of carboxylic acid groups (broad SMARTS) is 1. The molecule has 0 heterocycles. The summed E-state index contributed by atoms with van der Waals surface area (Å²) in [5, 5.41) is 10.9. The van der Waals surface area contributed by atoms with E-state index in [0.29, 0.717) is 19.1 Å². The third kappa shape index (κ3) is 5.53. The second-order valence-corrected chi connectivity index (χ2v) is 2.96. The van der Waals surface area contributed by atoms with Gasteiger partial charge in [0, 0.05) is 6.42 Å². The molecule has 0 aliphatic heterocycles. The SMILES string of the molecule is O=CCCCC(NC(=O)CCl)C(=O)O. The average molecular weight is 222 g/mol. The molecule has 14 heavy (non-hydrogen) atoms. The van der Waals surface area contributed by atoms with Crippen LogP contribution in [0.5, 0.6) is 0 Å². The Balaban J connectivity index is 3.95. The summed E-state index contributed by atoms with van der Waals surface area (Å²) in [5.41, 5.74) is 0. The normalized spacial score (nSPS) is 11.8.